The van der Waals surface area contributed by atoms with Crippen molar-refractivity contribution >= 4 is 51.6 Å². The number of aromatic hydroxyl groups is 1. The number of nitrogens with zero attached hydrogens (tertiary/aromatic N) is 2. The fourth-order valence-electron chi connectivity index (χ4n) is 3.13. The van der Waals surface area contributed by atoms with Crippen LogP contribution >= 0.6 is 23.1 Å². The van der Waals surface area contributed by atoms with Gasteiger partial charge < -0.3 is 19.7 Å². The van der Waals surface area contributed by atoms with E-state index in [0.717, 1.165) is 20.7 Å². The zero-order valence-electron chi connectivity index (χ0n) is 16.6. The van der Waals surface area contributed by atoms with Gasteiger partial charge in [-0.05, 0) is 29.6 Å². The van der Waals surface area contributed by atoms with Crippen LogP contribution < -0.4 is 5.32 Å². The Kier molecular flexibility index (Phi) is 6.24. The minimum absolute atomic E-state index is 0.137. The van der Waals surface area contributed by atoms with E-state index < -0.39 is 5.97 Å². The molecule has 0 aliphatic heterocycles. The van der Waals surface area contributed by atoms with E-state index in [2.05, 4.69) is 15.0 Å². The number of rotatable bonds is 7. The molecule has 0 saturated heterocycles. The summed E-state index contributed by atoms with van der Waals surface area (Å²) in [7, 11) is 1.30. The quantitative estimate of drug-likeness (QED) is 0.319. The summed E-state index contributed by atoms with van der Waals surface area (Å²) >= 11 is 2.97. The van der Waals surface area contributed by atoms with Gasteiger partial charge in [-0.2, -0.15) is 0 Å². The standard InChI is InChI=1S/C22H19N3O4S2/c1-29-22(28)14-8-9-18(23-11-14)24-19(26)13-31-21-17-7-3-2-6-16(17)20(27)25(21)12-15-5-4-10-30-15/h2-11,27H,12-13H2,1H3,(H,23,24,26). The zero-order valence-corrected chi connectivity index (χ0v) is 18.2. The Balaban J connectivity index is 1.50. The lowest BCUT2D eigenvalue weighted by Gasteiger charge is -2.10. The van der Waals surface area contributed by atoms with Crippen LogP contribution in [0.5, 0.6) is 5.88 Å². The summed E-state index contributed by atoms with van der Waals surface area (Å²) in [6, 6.07) is 14.7. The van der Waals surface area contributed by atoms with Gasteiger partial charge in [-0.25, -0.2) is 9.78 Å². The van der Waals surface area contributed by atoms with E-state index in [9.17, 15) is 14.7 Å². The highest BCUT2D eigenvalue weighted by Crippen LogP contribution is 2.38. The van der Waals surface area contributed by atoms with Gasteiger partial charge in [-0.15, -0.1) is 11.3 Å². The molecule has 0 bridgehead atoms. The first kappa shape index (κ1) is 21.0. The van der Waals surface area contributed by atoms with Crippen LogP contribution in [0.1, 0.15) is 15.2 Å². The maximum atomic E-state index is 12.5. The fraction of sp³-hybridized carbons (Fsp3) is 0.136. The van der Waals surface area contributed by atoms with E-state index in [1.165, 1.54) is 25.1 Å². The predicted octanol–water partition coefficient (Wildman–Crippen LogP) is 4.37. The van der Waals surface area contributed by atoms with Crippen molar-refractivity contribution in [3.8, 4) is 5.88 Å². The number of ether oxygens (including phenoxy) is 1. The number of thiophene rings is 1. The lowest BCUT2D eigenvalue weighted by molar-refractivity contribution is -0.113. The van der Waals surface area contributed by atoms with Crippen molar-refractivity contribution < 1.29 is 19.4 Å². The molecule has 4 rings (SSSR count). The number of amides is 1. The second kappa shape index (κ2) is 9.23. The molecular formula is C22H19N3O4S2. The summed E-state index contributed by atoms with van der Waals surface area (Å²) in [5.41, 5.74) is 0.309. The third-order valence-electron chi connectivity index (χ3n) is 4.59. The van der Waals surface area contributed by atoms with Crippen molar-refractivity contribution in [2.45, 2.75) is 11.6 Å². The van der Waals surface area contributed by atoms with Crippen molar-refractivity contribution in [2.75, 3.05) is 18.2 Å². The van der Waals surface area contributed by atoms with Gasteiger partial charge in [0, 0.05) is 21.8 Å². The number of nitrogens with one attached hydrogen (secondary N) is 1. The molecule has 0 saturated carbocycles. The predicted molar refractivity (Wildman–Crippen MR) is 122 cm³/mol. The first-order chi connectivity index (χ1) is 15.1. The van der Waals surface area contributed by atoms with Crippen LogP contribution in [-0.2, 0) is 16.1 Å². The van der Waals surface area contributed by atoms with Crippen molar-refractivity contribution in [1.82, 2.24) is 9.55 Å². The number of thioether (sulfide) groups is 1. The van der Waals surface area contributed by atoms with E-state index in [-0.39, 0.29) is 17.5 Å². The number of benzene rings is 1. The number of methoxy groups -OCH3 is 1. The first-order valence-electron chi connectivity index (χ1n) is 9.36. The molecule has 0 aliphatic carbocycles. The van der Waals surface area contributed by atoms with E-state index >= 15 is 0 Å². The van der Waals surface area contributed by atoms with E-state index in [1.807, 2.05) is 46.3 Å². The normalized spacial score (nSPS) is 10.9. The summed E-state index contributed by atoms with van der Waals surface area (Å²) in [5.74, 6) is -0.0556. The lowest BCUT2D eigenvalue weighted by Crippen LogP contribution is -2.15. The van der Waals surface area contributed by atoms with Crippen molar-refractivity contribution in [2.24, 2.45) is 0 Å². The molecular weight excluding hydrogens is 434 g/mol. The van der Waals surface area contributed by atoms with E-state index in [4.69, 9.17) is 0 Å². The SMILES string of the molecule is COC(=O)c1ccc(NC(=O)CSc2c3ccccc3c(O)n2Cc2cccs2)nc1. The molecule has 0 radical (unpaired) electrons. The average molecular weight is 454 g/mol. The van der Waals surface area contributed by atoms with Crippen molar-refractivity contribution in [1.29, 1.82) is 0 Å². The van der Waals surface area contributed by atoms with Gasteiger partial charge in [0.15, 0.2) is 5.88 Å². The number of fused-ring (bicyclic) bond motifs is 1. The number of hydrogen-bond acceptors (Lipinski definition) is 7. The third-order valence-corrected chi connectivity index (χ3v) is 6.57. The minimum Gasteiger partial charge on any atom is -0.494 e. The molecule has 0 aliphatic rings. The average Bonchev–Trinajstić information content (AvgIpc) is 3.40. The second-order valence-electron chi connectivity index (χ2n) is 6.60. The van der Waals surface area contributed by atoms with Gasteiger partial charge in [-0.3, -0.25) is 4.79 Å². The number of anilines is 1. The first-order valence-corrected chi connectivity index (χ1v) is 11.2. The highest BCUT2D eigenvalue weighted by atomic mass is 32.2. The van der Waals surface area contributed by atoms with Gasteiger partial charge in [0.05, 0.1) is 30.0 Å². The molecule has 0 fully saturated rings. The van der Waals surface area contributed by atoms with Crippen LogP contribution in [0.25, 0.3) is 10.8 Å². The number of esters is 1. The van der Waals surface area contributed by atoms with Crippen LogP contribution in [0, 0.1) is 0 Å². The smallest absolute Gasteiger partial charge is 0.339 e. The van der Waals surface area contributed by atoms with Gasteiger partial charge in [0.2, 0.25) is 5.91 Å². The summed E-state index contributed by atoms with van der Waals surface area (Å²) in [5, 5.41) is 18.0. The number of hydrogen-bond donors (Lipinski definition) is 2. The summed E-state index contributed by atoms with van der Waals surface area (Å²) in [6.45, 7) is 0.526. The summed E-state index contributed by atoms with van der Waals surface area (Å²) in [4.78, 5) is 29.2. The maximum absolute atomic E-state index is 12.5. The Morgan fingerprint density at radius 3 is 2.65 bits per heavy atom. The second-order valence-corrected chi connectivity index (χ2v) is 8.60. The minimum atomic E-state index is -0.487. The molecule has 1 amide bonds. The lowest BCUT2D eigenvalue weighted by atomic mass is 10.2. The van der Waals surface area contributed by atoms with Gasteiger partial charge in [0.25, 0.3) is 0 Å². The van der Waals surface area contributed by atoms with Crippen LogP contribution in [0.15, 0.2) is 65.1 Å². The van der Waals surface area contributed by atoms with Crippen LogP contribution in [0.2, 0.25) is 0 Å². The molecule has 7 nitrogen and oxygen atoms in total. The van der Waals surface area contributed by atoms with Crippen LogP contribution in [0.4, 0.5) is 5.82 Å². The fourth-order valence-corrected chi connectivity index (χ4v) is 4.80. The summed E-state index contributed by atoms with van der Waals surface area (Å²) in [6.07, 6.45) is 1.35. The van der Waals surface area contributed by atoms with Crippen molar-refractivity contribution in [3.63, 3.8) is 0 Å². The summed E-state index contributed by atoms with van der Waals surface area (Å²) < 4.78 is 6.47. The topological polar surface area (TPSA) is 93.5 Å². The monoisotopic (exact) mass is 453 g/mol. The molecule has 1 aromatic carbocycles. The van der Waals surface area contributed by atoms with Gasteiger partial charge in [-0.1, -0.05) is 36.0 Å². The van der Waals surface area contributed by atoms with Gasteiger partial charge in [0.1, 0.15) is 5.82 Å². The van der Waals surface area contributed by atoms with Gasteiger partial charge >= 0.3 is 5.97 Å². The number of aromatic nitrogens is 2. The number of carbonyl (C=O) groups excluding carboxylic acids is 2. The molecule has 31 heavy (non-hydrogen) atoms. The van der Waals surface area contributed by atoms with E-state index in [0.29, 0.717) is 17.9 Å². The molecule has 158 valence electrons. The third kappa shape index (κ3) is 4.57. The highest BCUT2D eigenvalue weighted by Gasteiger charge is 2.18. The zero-order chi connectivity index (χ0) is 21.8. The molecule has 4 aromatic rings. The van der Waals surface area contributed by atoms with E-state index in [1.54, 1.807) is 23.5 Å². The Morgan fingerprint density at radius 2 is 1.97 bits per heavy atom. The molecule has 3 heterocycles. The number of carbonyl (C=O) groups is 2. The Bertz CT molecular complexity index is 1220. The number of pyridine rings is 1. The highest BCUT2D eigenvalue weighted by molar-refractivity contribution is 8.00. The Hall–Kier alpha value is -3.30. The maximum Gasteiger partial charge on any atom is 0.339 e. The van der Waals surface area contributed by atoms with Crippen molar-refractivity contribution in [3.05, 3.63) is 70.5 Å². The Labute approximate surface area is 186 Å². The Morgan fingerprint density at radius 1 is 1.16 bits per heavy atom. The molecule has 0 atom stereocenters. The molecule has 0 unspecified atom stereocenters. The molecule has 2 N–H and O–H groups in total. The van der Waals surface area contributed by atoms with Crippen LogP contribution in [-0.4, -0.2) is 39.4 Å². The molecule has 9 heteroatoms. The van der Waals surface area contributed by atoms with Crippen LogP contribution in [0.3, 0.4) is 0 Å². The largest absolute Gasteiger partial charge is 0.494 e. The molecule has 0 spiro atoms. The molecule has 3 aromatic heterocycles.